The first-order valence-corrected chi connectivity index (χ1v) is 13.3. The van der Waals surface area contributed by atoms with Gasteiger partial charge >= 0.3 is 0 Å². The second-order valence-corrected chi connectivity index (χ2v) is 11.6. The molecule has 0 aromatic heterocycles. The molecule has 6 nitrogen and oxygen atoms in total. The minimum absolute atomic E-state index is 0.198. The van der Waals surface area contributed by atoms with Crippen molar-refractivity contribution in [2.75, 3.05) is 21.3 Å². The molecule has 0 radical (unpaired) electrons. The Labute approximate surface area is 197 Å². The van der Waals surface area contributed by atoms with Crippen LogP contribution in [-0.2, 0) is 9.09 Å². The molecule has 0 heterocycles. The van der Waals surface area contributed by atoms with Gasteiger partial charge in [-0.25, -0.2) is 0 Å². The molecule has 0 bridgehead atoms. The predicted molar refractivity (Wildman–Crippen MR) is 131 cm³/mol. The molecule has 7 heteroatoms. The predicted octanol–water partition coefficient (Wildman–Crippen LogP) is 5.78. The molecule has 33 heavy (non-hydrogen) atoms. The van der Waals surface area contributed by atoms with E-state index < -0.39 is 13.2 Å². The Kier molecular flexibility index (Phi) is 8.49. The Balaban J connectivity index is 2.09. The summed E-state index contributed by atoms with van der Waals surface area (Å²) in [5.41, 5.74) is 0.390. The highest BCUT2D eigenvalue weighted by Gasteiger charge is 2.43. The molecule has 0 amide bonds. The molecule has 1 aliphatic carbocycles. The van der Waals surface area contributed by atoms with Gasteiger partial charge in [0.15, 0.2) is 17.3 Å². The number of benzene rings is 2. The number of rotatable bonds is 9. The average molecular weight is 477 g/mol. The fraction of sp³-hybridized carbons (Fsp3) is 0.538. The Morgan fingerprint density at radius 2 is 1.58 bits per heavy atom. The maximum Gasteiger partial charge on any atom is 0.264 e. The van der Waals surface area contributed by atoms with E-state index in [2.05, 4.69) is 20.8 Å². The Bertz CT molecular complexity index is 936. The number of hydrogen-bond acceptors (Lipinski definition) is 6. The van der Waals surface area contributed by atoms with Gasteiger partial charge in [0.25, 0.3) is 7.37 Å². The van der Waals surface area contributed by atoms with Crippen molar-refractivity contribution in [1.82, 2.24) is 0 Å². The molecule has 2 aromatic rings. The van der Waals surface area contributed by atoms with Crippen LogP contribution >= 0.6 is 7.37 Å². The van der Waals surface area contributed by atoms with Gasteiger partial charge < -0.3 is 23.8 Å². The smallest absolute Gasteiger partial charge is 0.264 e. The van der Waals surface area contributed by atoms with Crippen molar-refractivity contribution in [3.05, 3.63) is 48.0 Å². The first-order chi connectivity index (χ1) is 15.7. The van der Waals surface area contributed by atoms with E-state index in [1.165, 1.54) is 21.3 Å². The number of aliphatic hydroxyl groups excluding tert-OH is 1. The molecule has 1 saturated carbocycles. The first-order valence-electron chi connectivity index (χ1n) is 11.6. The van der Waals surface area contributed by atoms with Crippen LogP contribution in [-0.4, -0.2) is 32.5 Å². The molecular weight excluding hydrogens is 439 g/mol. The third-order valence-corrected chi connectivity index (χ3v) is 9.22. The summed E-state index contributed by atoms with van der Waals surface area (Å²) in [6.07, 6.45) is 2.78. The summed E-state index contributed by atoms with van der Waals surface area (Å²) >= 11 is 0. The molecule has 0 aliphatic heterocycles. The Morgan fingerprint density at radius 1 is 0.970 bits per heavy atom. The summed E-state index contributed by atoms with van der Waals surface area (Å²) in [7, 11) is 0.804. The normalized spacial score (nSPS) is 23.6. The van der Waals surface area contributed by atoms with Crippen molar-refractivity contribution >= 4 is 12.7 Å². The van der Waals surface area contributed by atoms with Gasteiger partial charge in [0.05, 0.1) is 27.4 Å². The molecule has 1 N–H and O–H groups in total. The van der Waals surface area contributed by atoms with E-state index in [-0.39, 0.29) is 12.0 Å². The molecule has 5 atom stereocenters. The van der Waals surface area contributed by atoms with E-state index >= 15 is 0 Å². The SMILES string of the molecule is COc1cc([C@@H](O)P(=O)(O[C@@H]2C[C@H](C)CC[C@H]2C(C)C)c2ccccc2)cc(OC)c1OC. The Morgan fingerprint density at radius 3 is 2.09 bits per heavy atom. The van der Waals surface area contributed by atoms with Crippen LogP contribution in [0.3, 0.4) is 0 Å². The largest absolute Gasteiger partial charge is 0.493 e. The number of hydrogen-bond donors (Lipinski definition) is 1. The van der Waals surface area contributed by atoms with Crippen molar-refractivity contribution < 1.29 is 28.4 Å². The fourth-order valence-corrected chi connectivity index (χ4v) is 7.07. The zero-order chi connectivity index (χ0) is 24.2. The number of methoxy groups -OCH3 is 3. The maximum absolute atomic E-state index is 14.6. The van der Waals surface area contributed by atoms with Crippen molar-refractivity contribution in [2.24, 2.45) is 17.8 Å². The van der Waals surface area contributed by atoms with Crippen LogP contribution in [0.5, 0.6) is 17.2 Å². The zero-order valence-corrected chi connectivity index (χ0v) is 21.4. The van der Waals surface area contributed by atoms with Gasteiger partial charge in [-0.15, -0.1) is 0 Å². The summed E-state index contributed by atoms with van der Waals surface area (Å²) in [6, 6.07) is 12.3. The highest BCUT2D eigenvalue weighted by molar-refractivity contribution is 7.67. The van der Waals surface area contributed by atoms with Crippen LogP contribution in [0.2, 0.25) is 0 Å². The third kappa shape index (κ3) is 5.40. The van der Waals surface area contributed by atoms with E-state index in [1.807, 2.05) is 18.2 Å². The molecule has 0 saturated heterocycles. The van der Waals surface area contributed by atoms with Crippen LogP contribution in [0.1, 0.15) is 51.4 Å². The quantitative estimate of drug-likeness (QED) is 0.462. The summed E-state index contributed by atoms with van der Waals surface area (Å²) in [4.78, 5) is 0. The van der Waals surface area contributed by atoms with Crippen LogP contribution < -0.4 is 19.5 Å². The second kappa shape index (κ2) is 10.9. The maximum atomic E-state index is 14.6. The van der Waals surface area contributed by atoms with Crippen molar-refractivity contribution in [3.63, 3.8) is 0 Å². The Hall–Kier alpha value is -2.01. The van der Waals surface area contributed by atoms with Crippen molar-refractivity contribution in [3.8, 4) is 17.2 Å². The van der Waals surface area contributed by atoms with E-state index in [0.29, 0.717) is 40.0 Å². The lowest BCUT2D eigenvalue weighted by molar-refractivity contribution is 0.0427. The molecule has 182 valence electrons. The van der Waals surface area contributed by atoms with Gasteiger partial charge in [-0.2, -0.15) is 0 Å². The van der Waals surface area contributed by atoms with Gasteiger partial charge in [0.2, 0.25) is 5.75 Å². The van der Waals surface area contributed by atoms with Crippen molar-refractivity contribution in [2.45, 2.75) is 52.0 Å². The lowest BCUT2D eigenvalue weighted by atomic mass is 9.75. The molecule has 3 rings (SSSR count). The van der Waals surface area contributed by atoms with Crippen LogP contribution in [0.4, 0.5) is 0 Å². The van der Waals surface area contributed by atoms with E-state index in [1.54, 1.807) is 24.3 Å². The lowest BCUT2D eigenvalue weighted by Gasteiger charge is -2.39. The number of ether oxygens (including phenoxy) is 3. The average Bonchev–Trinajstić information content (AvgIpc) is 2.82. The zero-order valence-electron chi connectivity index (χ0n) is 20.5. The van der Waals surface area contributed by atoms with E-state index in [4.69, 9.17) is 18.7 Å². The summed E-state index contributed by atoms with van der Waals surface area (Å²) < 4.78 is 37.5. The molecule has 1 aliphatic rings. The monoisotopic (exact) mass is 476 g/mol. The van der Waals surface area contributed by atoms with Crippen molar-refractivity contribution in [1.29, 1.82) is 0 Å². The summed E-state index contributed by atoms with van der Waals surface area (Å²) in [6.45, 7) is 6.57. The molecule has 1 fully saturated rings. The first kappa shape index (κ1) is 25.6. The van der Waals surface area contributed by atoms with E-state index in [9.17, 15) is 9.67 Å². The van der Waals surface area contributed by atoms with Gasteiger partial charge in [0, 0.05) is 5.30 Å². The number of aliphatic hydroxyl groups is 1. The third-order valence-electron chi connectivity index (χ3n) is 6.68. The molecule has 0 spiro atoms. The minimum atomic E-state index is -3.74. The highest BCUT2D eigenvalue weighted by Crippen LogP contribution is 2.61. The highest BCUT2D eigenvalue weighted by atomic mass is 31.2. The van der Waals surface area contributed by atoms with Gasteiger partial charge in [-0.3, -0.25) is 4.57 Å². The topological polar surface area (TPSA) is 74.2 Å². The van der Waals surface area contributed by atoms with Crippen LogP contribution in [0, 0.1) is 17.8 Å². The van der Waals surface area contributed by atoms with Gasteiger partial charge in [0.1, 0.15) is 0 Å². The van der Waals surface area contributed by atoms with Gasteiger partial charge in [-0.05, 0) is 60.4 Å². The molecular formula is C26H37O6P. The standard InChI is InChI=1S/C26H37O6P/c1-17(2)21-13-12-18(3)14-22(21)32-33(28,20-10-8-7-9-11-20)26(27)19-15-23(29-4)25(31-6)24(16-19)30-5/h7-11,15-18,21-22,26-27H,12-14H2,1-6H3/t18-,21+,22-,26+,33?/m1/s1. The van der Waals surface area contributed by atoms with Crippen LogP contribution in [0.15, 0.2) is 42.5 Å². The second-order valence-electron chi connectivity index (χ2n) is 9.23. The molecule has 2 aromatic carbocycles. The summed E-state index contributed by atoms with van der Waals surface area (Å²) in [5.74, 6) is 0.947. The molecule has 1 unspecified atom stereocenters. The summed E-state index contributed by atoms with van der Waals surface area (Å²) in [5, 5.41) is 12.1. The van der Waals surface area contributed by atoms with E-state index in [0.717, 1.165) is 19.3 Å². The fourth-order valence-electron chi connectivity index (χ4n) is 4.78. The lowest BCUT2D eigenvalue weighted by Crippen LogP contribution is -2.35. The van der Waals surface area contributed by atoms with Crippen LogP contribution in [0.25, 0.3) is 0 Å². The van der Waals surface area contributed by atoms with Gasteiger partial charge in [-0.1, -0.05) is 45.4 Å². The minimum Gasteiger partial charge on any atom is -0.493 e.